The molecule has 15 heavy (non-hydrogen) atoms. The number of rotatable bonds is 4. The van der Waals surface area contributed by atoms with Gasteiger partial charge in [-0.25, -0.2) is 9.48 Å². The molecule has 6 heteroatoms. The molecule has 0 aromatic carbocycles. The van der Waals surface area contributed by atoms with Crippen LogP contribution in [0.5, 0.6) is 0 Å². The Hall–Kier alpha value is -1.85. The van der Waals surface area contributed by atoms with E-state index in [0.717, 1.165) is 12.8 Å². The predicted octanol–water partition coefficient (Wildman–Crippen LogP) is -0.140. The van der Waals surface area contributed by atoms with Crippen LogP contribution in [0.25, 0.3) is 0 Å². The van der Waals surface area contributed by atoms with Crippen LogP contribution >= 0.6 is 0 Å². The van der Waals surface area contributed by atoms with Crippen molar-refractivity contribution in [3.8, 4) is 0 Å². The molecule has 1 aromatic rings. The average Bonchev–Trinajstić information content (AvgIpc) is 2.82. The number of aromatic carboxylic acids is 1. The van der Waals surface area contributed by atoms with Crippen molar-refractivity contribution in [2.75, 3.05) is 0 Å². The summed E-state index contributed by atoms with van der Waals surface area (Å²) in [5.74, 6) is -1.27. The summed E-state index contributed by atoms with van der Waals surface area (Å²) in [6, 6.07) is 1.65. The van der Waals surface area contributed by atoms with E-state index >= 15 is 0 Å². The van der Waals surface area contributed by atoms with Crippen LogP contribution in [0.15, 0.2) is 12.3 Å². The van der Waals surface area contributed by atoms with Gasteiger partial charge in [-0.3, -0.25) is 4.79 Å². The fourth-order valence-electron chi connectivity index (χ4n) is 1.28. The van der Waals surface area contributed by atoms with Crippen LogP contribution in [-0.4, -0.2) is 32.8 Å². The highest BCUT2D eigenvalue weighted by Crippen LogP contribution is 2.18. The largest absolute Gasteiger partial charge is 0.477 e. The van der Waals surface area contributed by atoms with Crippen LogP contribution in [0.2, 0.25) is 0 Å². The SMILES string of the molecule is O=C(Cn1nccc1C(=O)O)NC1CC1. The minimum Gasteiger partial charge on any atom is -0.477 e. The van der Waals surface area contributed by atoms with Crippen LogP contribution in [0.1, 0.15) is 23.3 Å². The third kappa shape index (κ3) is 2.34. The molecule has 0 aliphatic heterocycles. The summed E-state index contributed by atoms with van der Waals surface area (Å²) >= 11 is 0. The lowest BCUT2D eigenvalue weighted by Gasteiger charge is -2.04. The van der Waals surface area contributed by atoms with Crippen LogP contribution in [-0.2, 0) is 11.3 Å². The van der Waals surface area contributed by atoms with Crippen LogP contribution in [0.4, 0.5) is 0 Å². The minimum absolute atomic E-state index is 0.0287. The van der Waals surface area contributed by atoms with Gasteiger partial charge in [0.25, 0.3) is 0 Å². The van der Waals surface area contributed by atoms with Gasteiger partial charge in [0.2, 0.25) is 5.91 Å². The molecule has 2 N–H and O–H groups in total. The summed E-state index contributed by atoms with van der Waals surface area (Å²) in [6.07, 6.45) is 3.39. The zero-order valence-electron chi connectivity index (χ0n) is 8.01. The number of carbonyl (C=O) groups is 2. The lowest BCUT2D eigenvalue weighted by molar-refractivity contribution is -0.122. The molecule has 0 spiro atoms. The molecule has 1 aliphatic rings. The number of carboxylic acids is 1. The van der Waals surface area contributed by atoms with Gasteiger partial charge in [-0.15, -0.1) is 0 Å². The van der Waals surface area contributed by atoms with Crippen molar-refractivity contribution in [3.05, 3.63) is 18.0 Å². The first kappa shape index (κ1) is 9.70. The number of nitrogens with zero attached hydrogens (tertiary/aromatic N) is 2. The topological polar surface area (TPSA) is 84.2 Å². The number of carboxylic acid groups (broad SMARTS) is 1. The van der Waals surface area contributed by atoms with E-state index in [1.165, 1.54) is 16.9 Å². The Balaban J connectivity index is 1.99. The molecule has 1 saturated carbocycles. The number of aromatic nitrogens is 2. The number of carbonyl (C=O) groups excluding carboxylic acids is 1. The van der Waals surface area contributed by atoms with Gasteiger partial charge in [0.1, 0.15) is 12.2 Å². The number of hydrogen-bond acceptors (Lipinski definition) is 3. The van der Waals surface area contributed by atoms with Crippen molar-refractivity contribution >= 4 is 11.9 Å². The quantitative estimate of drug-likeness (QED) is 0.722. The van der Waals surface area contributed by atoms with Crippen molar-refractivity contribution in [1.82, 2.24) is 15.1 Å². The van der Waals surface area contributed by atoms with Crippen molar-refractivity contribution in [2.45, 2.75) is 25.4 Å². The van der Waals surface area contributed by atoms with E-state index in [1.54, 1.807) is 0 Å². The fraction of sp³-hybridized carbons (Fsp3) is 0.444. The lowest BCUT2D eigenvalue weighted by Crippen LogP contribution is -2.30. The molecular formula is C9H11N3O3. The molecule has 1 fully saturated rings. The summed E-state index contributed by atoms with van der Waals surface area (Å²) in [5, 5.41) is 15.3. The summed E-state index contributed by atoms with van der Waals surface area (Å²) < 4.78 is 1.18. The Morgan fingerprint density at radius 1 is 1.60 bits per heavy atom. The third-order valence-electron chi connectivity index (χ3n) is 2.17. The first-order valence-electron chi connectivity index (χ1n) is 4.71. The first-order valence-corrected chi connectivity index (χ1v) is 4.71. The molecule has 0 saturated heterocycles. The fourth-order valence-corrected chi connectivity index (χ4v) is 1.28. The second kappa shape index (κ2) is 3.72. The summed E-state index contributed by atoms with van der Waals surface area (Å²) in [4.78, 5) is 22.1. The van der Waals surface area contributed by atoms with E-state index in [-0.39, 0.29) is 24.2 Å². The summed E-state index contributed by atoms with van der Waals surface area (Å²) in [6.45, 7) is -0.0366. The second-order valence-corrected chi connectivity index (χ2v) is 3.52. The molecule has 1 aromatic heterocycles. The highest BCUT2D eigenvalue weighted by molar-refractivity contribution is 5.86. The molecule has 1 aliphatic carbocycles. The zero-order chi connectivity index (χ0) is 10.8. The van der Waals surface area contributed by atoms with Gasteiger partial charge in [0, 0.05) is 12.2 Å². The number of hydrogen-bond donors (Lipinski definition) is 2. The number of nitrogens with one attached hydrogen (secondary N) is 1. The van der Waals surface area contributed by atoms with Crippen molar-refractivity contribution in [3.63, 3.8) is 0 Å². The Morgan fingerprint density at radius 2 is 2.33 bits per heavy atom. The maximum Gasteiger partial charge on any atom is 0.354 e. The van der Waals surface area contributed by atoms with Gasteiger partial charge in [-0.2, -0.15) is 5.10 Å². The normalized spacial score (nSPS) is 14.9. The molecule has 6 nitrogen and oxygen atoms in total. The molecule has 1 heterocycles. The predicted molar refractivity (Wildman–Crippen MR) is 50.4 cm³/mol. The van der Waals surface area contributed by atoms with Crippen molar-refractivity contribution < 1.29 is 14.7 Å². The molecule has 1 amide bonds. The molecule has 0 atom stereocenters. The van der Waals surface area contributed by atoms with Crippen molar-refractivity contribution in [2.24, 2.45) is 0 Å². The van der Waals surface area contributed by atoms with Gasteiger partial charge in [-0.1, -0.05) is 0 Å². The van der Waals surface area contributed by atoms with E-state index in [4.69, 9.17) is 5.11 Å². The van der Waals surface area contributed by atoms with E-state index in [1.807, 2.05) is 0 Å². The summed E-state index contributed by atoms with van der Waals surface area (Å²) in [5.41, 5.74) is 0.0287. The van der Waals surface area contributed by atoms with Gasteiger partial charge in [0.15, 0.2) is 0 Å². The van der Waals surface area contributed by atoms with Crippen LogP contribution < -0.4 is 5.32 Å². The first-order chi connectivity index (χ1) is 7.16. The highest BCUT2D eigenvalue weighted by Gasteiger charge is 2.23. The monoisotopic (exact) mass is 209 g/mol. The zero-order valence-corrected chi connectivity index (χ0v) is 8.01. The Bertz CT molecular complexity index is 395. The lowest BCUT2D eigenvalue weighted by atomic mass is 10.4. The van der Waals surface area contributed by atoms with Crippen LogP contribution in [0.3, 0.4) is 0 Å². The Kier molecular flexibility index (Phi) is 2.40. The molecule has 0 radical (unpaired) electrons. The van der Waals surface area contributed by atoms with Crippen molar-refractivity contribution in [1.29, 1.82) is 0 Å². The molecule has 80 valence electrons. The maximum absolute atomic E-state index is 11.4. The van der Waals surface area contributed by atoms with Gasteiger partial charge >= 0.3 is 5.97 Å². The standard InChI is InChI=1S/C9H11N3O3/c13-8(11-6-1-2-6)5-12-7(9(14)15)3-4-10-12/h3-4,6H,1-2,5H2,(H,11,13)(H,14,15). The highest BCUT2D eigenvalue weighted by atomic mass is 16.4. The van der Waals surface area contributed by atoms with E-state index in [9.17, 15) is 9.59 Å². The maximum atomic E-state index is 11.4. The van der Waals surface area contributed by atoms with Gasteiger partial charge in [0.05, 0.1) is 0 Å². The van der Waals surface area contributed by atoms with Gasteiger partial charge < -0.3 is 10.4 Å². The minimum atomic E-state index is -1.08. The van der Waals surface area contributed by atoms with E-state index in [2.05, 4.69) is 10.4 Å². The molecule has 2 rings (SSSR count). The molecular weight excluding hydrogens is 198 g/mol. The molecule has 0 unspecified atom stereocenters. The van der Waals surface area contributed by atoms with Gasteiger partial charge in [-0.05, 0) is 18.9 Å². The van der Waals surface area contributed by atoms with E-state index in [0.29, 0.717) is 0 Å². The summed E-state index contributed by atoms with van der Waals surface area (Å²) in [7, 11) is 0. The Morgan fingerprint density at radius 3 is 2.93 bits per heavy atom. The van der Waals surface area contributed by atoms with Crippen LogP contribution in [0, 0.1) is 0 Å². The molecule has 0 bridgehead atoms. The second-order valence-electron chi connectivity index (χ2n) is 3.52. The van der Waals surface area contributed by atoms with E-state index < -0.39 is 5.97 Å². The average molecular weight is 209 g/mol. The smallest absolute Gasteiger partial charge is 0.354 e. The Labute approximate surface area is 85.9 Å². The third-order valence-corrected chi connectivity index (χ3v) is 2.17. The number of amides is 1.